The molecule has 0 amide bonds. The zero-order chi connectivity index (χ0) is 15.6. The van der Waals surface area contributed by atoms with E-state index in [0.717, 1.165) is 32.1 Å². The van der Waals surface area contributed by atoms with E-state index in [2.05, 4.69) is 26.0 Å². The second-order valence-electron chi connectivity index (χ2n) is 6.27. The third-order valence-electron chi connectivity index (χ3n) is 4.00. The minimum Gasteiger partial charge on any atom is -0.300 e. The smallest absolute Gasteiger partial charge is 0.132 e. The highest BCUT2D eigenvalue weighted by Crippen LogP contribution is 2.10. The molecule has 1 nitrogen and oxygen atoms in total. The molecule has 0 radical (unpaired) electrons. The lowest BCUT2D eigenvalue weighted by Crippen LogP contribution is -1.95. The Balaban J connectivity index is 3.14. The first kappa shape index (κ1) is 20.4. The van der Waals surface area contributed by atoms with Gasteiger partial charge in [-0.15, -0.1) is 0 Å². The number of Topliss-reactive ketones (excluding diaryl/α,β-unsaturated/α-hetero) is 1. The number of allylic oxidation sites excluding steroid dienone is 2. The second-order valence-corrected chi connectivity index (χ2v) is 6.27. The molecular formula is C20H38O. The first-order valence-electron chi connectivity index (χ1n) is 9.48. The van der Waals surface area contributed by atoms with Crippen molar-refractivity contribution in [2.75, 3.05) is 0 Å². The van der Waals surface area contributed by atoms with Gasteiger partial charge in [-0.3, -0.25) is 4.79 Å². The number of hydrogen-bond acceptors (Lipinski definition) is 1. The van der Waals surface area contributed by atoms with Crippen LogP contribution in [-0.4, -0.2) is 5.78 Å². The normalized spacial score (nSPS) is 11.3. The highest BCUT2D eigenvalue weighted by molar-refractivity contribution is 5.78. The Labute approximate surface area is 133 Å². The molecule has 0 aliphatic heterocycles. The van der Waals surface area contributed by atoms with Gasteiger partial charge in [-0.1, -0.05) is 70.9 Å². The van der Waals surface area contributed by atoms with Crippen molar-refractivity contribution in [2.45, 2.75) is 110 Å². The lowest BCUT2D eigenvalue weighted by molar-refractivity contribution is -0.119. The minimum absolute atomic E-state index is 0.445. The molecular weight excluding hydrogens is 256 g/mol. The van der Waals surface area contributed by atoms with Crippen LogP contribution in [0.3, 0.4) is 0 Å². The summed E-state index contributed by atoms with van der Waals surface area (Å²) in [6.45, 7) is 4.35. The van der Waals surface area contributed by atoms with Crippen molar-refractivity contribution >= 4 is 5.78 Å². The summed E-state index contributed by atoms with van der Waals surface area (Å²) in [5.41, 5.74) is 0. The summed E-state index contributed by atoms with van der Waals surface area (Å²) < 4.78 is 0. The molecule has 0 bridgehead atoms. The third-order valence-corrected chi connectivity index (χ3v) is 4.00. The summed E-state index contributed by atoms with van der Waals surface area (Å²) in [6.07, 6.45) is 23.0. The molecule has 0 saturated heterocycles. The van der Waals surface area contributed by atoms with Crippen LogP contribution in [0.15, 0.2) is 12.2 Å². The van der Waals surface area contributed by atoms with Crippen LogP contribution in [-0.2, 0) is 4.79 Å². The minimum atomic E-state index is 0.445. The summed E-state index contributed by atoms with van der Waals surface area (Å²) in [4.78, 5) is 11.3. The van der Waals surface area contributed by atoms with E-state index in [1.165, 1.54) is 64.2 Å². The zero-order valence-corrected chi connectivity index (χ0v) is 14.7. The van der Waals surface area contributed by atoms with E-state index in [1.54, 1.807) is 0 Å². The van der Waals surface area contributed by atoms with Gasteiger partial charge in [-0.25, -0.2) is 0 Å². The Morgan fingerprint density at radius 3 is 1.71 bits per heavy atom. The number of carbonyl (C=O) groups excluding carboxylic acids is 1. The van der Waals surface area contributed by atoms with E-state index in [9.17, 15) is 4.79 Å². The molecule has 0 aromatic carbocycles. The van der Waals surface area contributed by atoms with Crippen molar-refractivity contribution in [3.05, 3.63) is 12.2 Å². The highest BCUT2D eigenvalue weighted by Gasteiger charge is 1.98. The van der Waals surface area contributed by atoms with Crippen LogP contribution in [0.5, 0.6) is 0 Å². The van der Waals surface area contributed by atoms with E-state index in [-0.39, 0.29) is 0 Å². The molecule has 124 valence electrons. The van der Waals surface area contributed by atoms with Crippen molar-refractivity contribution in [2.24, 2.45) is 0 Å². The predicted octanol–water partition coefficient (Wildman–Crippen LogP) is 7.00. The van der Waals surface area contributed by atoms with Crippen molar-refractivity contribution in [3.63, 3.8) is 0 Å². The quantitative estimate of drug-likeness (QED) is 0.221. The molecule has 0 N–H and O–H groups in total. The lowest BCUT2D eigenvalue weighted by atomic mass is 10.1. The maximum atomic E-state index is 11.3. The standard InChI is InChI=1S/C20H38O/c1-3-5-6-7-8-9-10-11-12-13-14-15-16-17-19-20(21)18-4-2/h13-14H,3-12,15-19H2,1-2H3. The molecule has 0 aliphatic carbocycles. The topological polar surface area (TPSA) is 17.1 Å². The molecule has 0 aromatic rings. The van der Waals surface area contributed by atoms with E-state index < -0.39 is 0 Å². The zero-order valence-electron chi connectivity index (χ0n) is 14.7. The molecule has 21 heavy (non-hydrogen) atoms. The molecule has 0 heterocycles. The second kappa shape index (κ2) is 17.5. The van der Waals surface area contributed by atoms with Gasteiger partial charge < -0.3 is 0 Å². The van der Waals surface area contributed by atoms with E-state index >= 15 is 0 Å². The largest absolute Gasteiger partial charge is 0.300 e. The van der Waals surface area contributed by atoms with E-state index in [1.807, 2.05) is 0 Å². The van der Waals surface area contributed by atoms with Crippen molar-refractivity contribution in [1.82, 2.24) is 0 Å². The molecule has 0 saturated carbocycles. The Morgan fingerprint density at radius 2 is 1.14 bits per heavy atom. The van der Waals surface area contributed by atoms with Crippen LogP contribution >= 0.6 is 0 Å². The molecule has 0 unspecified atom stereocenters. The third kappa shape index (κ3) is 17.4. The van der Waals surface area contributed by atoms with Gasteiger partial charge in [0.2, 0.25) is 0 Å². The van der Waals surface area contributed by atoms with Crippen LogP contribution in [0.4, 0.5) is 0 Å². The Morgan fingerprint density at radius 1 is 0.619 bits per heavy atom. The van der Waals surface area contributed by atoms with Gasteiger partial charge in [0.05, 0.1) is 0 Å². The molecule has 0 rings (SSSR count). The maximum Gasteiger partial charge on any atom is 0.132 e. The van der Waals surface area contributed by atoms with Crippen LogP contribution in [0.2, 0.25) is 0 Å². The highest BCUT2D eigenvalue weighted by atomic mass is 16.1. The average molecular weight is 295 g/mol. The number of hydrogen-bond donors (Lipinski definition) is 0. The number of rotatable bonds is 16. The van der Waals surface area contributed by atoms with Crippen LogP contribution < -0.4 is 0 Å². The molecule has 0 fully saturated rings. The average Bonchev–Trinajstić information content (AvgIpc) is 2.48. The van der Waals surface area contributed by atoms with Crippen molar-refractivity contribution in [3.8, 4) is 0 Å². The molecule has 0 aromatic heterocycles. The summed E-state index contributed by atoms with van der Waals surface area (Å²) >= 11 is 0. The number of ketones is 1. The van der Waals surface area contributed by atoms with Gasteiger partial charge in [0.25, 0.3) is 0 Å². The maximum absolute atomic E-state index is 11.3. The van der Waals surface area contributed by atoms with Gasteiger partial charge in [-0.2, -0.15) is 0 Å². The van der Waals surface area contributed by atoms with Gasteiger partial charge in [0.1, 0.15) is 5.78 Å². The molecule has 0 aliphatic rings. The van der Waals surface area contributed by atoms with Gasteiger partial charge in [-0.05, 0) is 38.5 Å². The number of carbonyl (C=O) groups is 1. The molecule has 0 spiro atoms. The predicted molar refractivity (Wildman–Crippen MR) is 94.8 cm³/mol. The fourth-order valence-corrected chi connectivity index (χ4v) is 2.62. The van der Waals surface area contributed by atoms with Gasteiger partial charge in [0.15, 0.2) is 0 Å². The van der Waals surface area contributed by atoms with Crippen LogP contribution in [0.25, 0.3) is 0 Å². The van der Waals surface area contributed by atoms with Crippen LogP contribution in [0.1, 0.15) is 110 Å². The lowest BCUT2D eigenvalue weighted by Gasteiger charge is -2.00. The van der Waals surface area contributed by atoms with Crippen molar-refractivity contribution in [1.29, 1.82) is 0 Å². The Hall–Kier alpha value is -0.590. The summed E-state index contributed by atoms with van der Waals surface area (Å²) in [6, 6.07) is 0. The first-order chi connectivity index (χ1) is 10.3. The van der Waals surface area contributed by atoms with E-state index in [0.29, 0.717) is 5.78 Å². The monoisotopic (exact) mass is 294 g/mol. The molecule has 0 atom stereocenters. The first-order valence-corrected chi connectivity index (χ1v) is 9.48. The summed E-state index contributed by atoms with van der Waals surface area (Å²) in [5, 5.41) is 0. The van der Waals surface area contributed by atoms with Crippen molar-refractivity contribution < 1.29 is 4.79 Å². The SMILES string of the molecule is CCCCCCCCCCC=CCCCCC(=O)CCC. The number of unbranched alkanes of at least 4 members (excludes halogenated alkanes) is 10. The van der Waals surface area contributed by atoms with Gasteiger partial charge in [0, 0.05) is 12.8 Å². The Bertz CT molecular complexity index is 242. The summed E-state index contributed by atoms with van der Waals surface area (Å²) in [7, 11) is 0. The van der Waals surface area contributed by atoms with Gasteiger partial charge >= 0.3 is 0 Å². The Kier molecular flexibility index (Phi) is 17.0. The summed E-state index contributed by atoms with van der Waals surface area (Å²) in [5.74, 6) is 0.445. The molecule has 1 heteroatoms. The van der Waals surface area contributed by atoms with Crippen LogP contribution in [0, 0.1) is 0 Å². The van der Waals surface area contributed by atoms with E-state index in [4.69, 9.17) is 0 Å². The fourth-order valence-electron chi connectivity index (χ4n) is 2.62. The fraction of sp³-hybridized carbons (Fsp3) is 0.850.